The Bertz CT molecular complexity index is 593. The maximum absolute atomic E-state index is 12.1. The van der Waals surface area contributed by atoms with Gasteiger partial charge in [0.15, 0.2) is 0 Å². The molecular formula is C18H25NO5. The van der Waals surface area contributed by atoms with Crippen LogP contribution in [0.3, 0.4) is 0 Å². The highest BCUT2D eigenvalue weighted by molar-refractivity contribution is 5.87. The predicted molar refractivity (Wildman–Crippen MR) is 89.5 cm³/mol. The molecule has 1 amide bonds. The summed E-state index contributed by atoms with van der Waals surface area (Å²) in [5.74, 6) is 0.322. The van der Waals surface area contributed by atoms with Gasteiger partial charge >= 0.3 is 5.97 Å². The first-order valence-electron chi connectivity index (χ1n) is 8.26. The summed E-state index contributed by atoms with van der Waals surface area (Å²) in [7, 11) is 3.20. The van der Waals surface area contributed by atoms with E-state index in [0.717, 1.165) is 29.9 Å². The second kappa shape index (κ2) is 8.04. The number of carbonyl (C=O) groups excluding carboxylic acids is 1. The molecule has 1 aliphatic rings. The van der Waals surface area contributed by atoms with Crippen molar-refractivity contribution in [2.24, 2.45) is 0 Å². The summed E-state index contributed by atoms with van der Waals surface area (Å²) in [6.07, 6.45) is 4.32. The fourth-order valence-corrected chi connectivity index (χ4v) is 3.20. The number of carboxylic acid groups (broad SMARTS) is 1. The Hall–Kier alpha value is -2.24. The van der Waals surface area contributed by atoms with E-state index < -0.39 is 11.5 Å². The third-order valence-electron chi connectivity index (χ3n) is 4.59. The van der Waals surface area contributed by atoms with Gasteiger partial charge in [0, 0.05) is 12.5 Å². The quantitative estimate of drug-likeness (QED) is 0.762. The first-order chi connectivity index (χ1) is 11.5. The van der Waals surface area contributed by atoms with Crippen molar-refractivity contribution in [3.63, 3.8) is 0 Å². The summed E-state index contributed by atoms with van der Waals surface area (Å²) in [4.78, 5) is 23.6. The van der Waals surface area contributed by atoms with Crippen LogP contribution in [0.25, 0.3) is 0 Å². The fraction of sp³-hybridized carbons (Fsp3) is 0.556. The van der Waals surface area contributed by atoms with Crippen molar-refractivity contribution in [3.05, 3.63) is 23.8 Å². The molecule has 1 fully saturated rings. The smallest absolute Gasteiger partial charge is 0.329 e. The largest absolute Gasteiger partial charge is 0.497 e. The van der Waals surface area contributed by atoms with E-state index in [1.807, 2.05) is 18.2 Å². The molecule has 0 spiro atoms. The van der Waals surface area contributed by atoms with Crippen LogP contribution in [-0.2, 0) is 16.0 Å². The van der Waals surface area contributed by atoms with Crippen LogP contribution in [0.15, 0.2) is 18.2 Å². The summed E-state index contributed by atoms with van der Waals surface area (Å²) in [6.45, 7) is 0. The molecule has 6 nitrogen and oxygen atoms in total. The molecule has 2 N–H and O–H groups in total. The number of nitrogens with one attached hydrogen (secondary N) is 1. The van der Waals surface area contributed by atoms with Crippen LogP contribution in [0.4, 0.5) is 0 Å². The third kappa shape index (κ3) is 4.19. The van der Waals surface area contributed by atoms with Crippen LogP contribution in [0, 0.1) is 0 Å². The number of carbonyl (C=O) groups is 2. The fourth-order valence-electron chi connectivity index (χ4n) is 3.20. The van der Waals surface area contributed by atoms with Gasteiger partial charge in [-0.3, -0.25) is 4.79 Å². The molecule has 24 heavy (non-hydrogen) atoms. The molecule has 132 valence electrons. The number of amides is 1. The molecule has 1 saturated carbocycles. The highest BCUT2D eigenvalue weighted by atomic mass is 16.5. The van der Waals surface area contributed by atoms with Crippen molar-refractivity contribution < 1.29 is 24.2 Å². The summed E-state index contributed by atoms with van der Waals surface area (Å²) in [6, 6.07) is 5.59. The summed E-state index contributed by atoms with van der Waals surface area (Å²) in [5, 5.41) is 12.1. The number of hydrogen-bond acceptors (Lipinski definition) is 4. The molecule has 0 radical (unpaired) electrons. The van der Waals surface area contributed by atoms with Crippen molar-refractivity contribution in [3.8, 4) is 11.5 Å². The number of rotatable bonds is 8. The zero-order valence-electron chi connectivity index (χ0n) is 14.3. The first-order valence-corrected chi connectivity index (χ1v) is 8.26. The van der Waals surface area contributed by atoms with Crippen molar-refractivity contribution >= 4 is 11.9 Å². The highest BCUT2D eigenvalue weighted by Gasteiger charge is 2.42. The number of benzene rings is 1. The van der Waals surface area contributed by atoms with Gasteiger partial charge in [0.1, 0.15) is 17.0 Å². The number of methoxy groups -OCH3 is 2. The minimum Gasteiger partial charge on any atom is -0.497 e. The average molecular weight is 335 g/mol. The Labute approximate surface area is 142 Å². The van der Waals surface area contributed by atoms with Crippen LogP contribution in [-0.4, -0.2) is 36.7 Å². The summed E-state index contributed by atoms with van der Waals surface area (Å²) >= 11 is 0. The molecule has 1 aliphatic carbocycles. The maximum Gasteiger partial charge on any atom is 0.329 e. The van der Waals surface area contributed by atoms with Gasteiger partial charge in [-0.1, -0.05) is 18.9 Å². The second-order valence-electron chi connectivity index (χ2n) is 6.17. The van der Waals surface area contributed by atoms with Gasteiger partial charge in [-0.15, -0.1) is 0 Å². The molecule has 0 unspecified atom stereocenters. The molecule has 1 aromatic rings. The number of aryl methyl sites for hydroxylation is 1. The van der Waals surface area contributed by atoms with E-state index in [1.54, 1.807) is 14.2 Å². The number of hydrogen-bond donors (Lipinski definition) is 2. The SMILES string of the molecule is COc1ccc(CCCC(=O)NC2(C(=O)O)CCCC2)c(OC)c1. The van der Waals surface area contributed by atoms with Gasteiger partial charge < -0.3 is 19.9 Å². The van der Waals surface area contributed by atoms with Crippen molar-refractivity contribution in [2.45, 2.75) is 50.5 Å². The molecule has 2 rings (SSSR count). The van der Waals surface area contributed by atoms with Gasteiger partial charge in [-0.05, 0) is 37.3 Å². The Balaban J connectivity index is 1.87. The number of aliphatic carboxylic acids is 1. The van der Waals surface area contributed by atoms with Gasteiger partial charge in [0.2, 0.25) is 5.91 Å². The lowest BCUT2D eigenvalue weighted by Crippen LogP contribution is -2.52. The molecule has 0 heterocycles. The zero-order chi connectivity index (χ0) is 17.6. The second-order valence-corrected chi connectivity index (χ2v) is 6.17. The van der Waals surface area contributed by atoms with E-state index in [4.69, 9.17) is 9.47 Å². The lowest BCUT2D eigenvalue weighted by Gasteiger charge is -2.25. The minimum atomic E-state index is -1.06. The maximum atomic E-state index is 12.1. The van der Waals surface area contributed by atoms with Gasteiger partial charge in [-0.25, -0.2) is 4.79 Å². The van der Waals surface area contributed by atoms with Gasteiger partial charge in [-0.2, -0.15) is 0 Å². The normalized spacial score (nSPS) is 15.8. The third-order valence-corrected chi connectivity index (χ3v) is 4.59. The lowest BCUT2D eigenvalue weighted by molar-refractivity contribution is -0.147. The van der Waals surface area contributed by atoms with Crippen LogP contribution < -0.4 is 14.8 Å². The van der Waals surface area contributed by atoms with Crippen molar-refractivity contribution in [1.29, 1.82) is 0 Å². The molecule has 0 aromatic heterocycles. The van der Waals surface area contributed by atoms with Crippen molar-refractivity contribution in [2.75, 3.05) is 14.2 Å². The molecular weight excluding hydrogens is 310 g/mol. The molecule has 0 atom stereocenters. The molecule has 0 saturated heterocycles. The molecule has 0 aliphatic heterocycles. The Morgan fingerprint density at radius 2 is 1.92 bits per heavy atom. The van der Waals surface area contributed by atoms with E-state index >= 15 is 0 Å². The Morgan fingerprint density at radius 3 is 2.50 bits per heavy atom. The highest BCUT2D eigenvalue weighted by Crippen LogP contribution is 2.30. The van der Waals surface area contributed by atoms with Crippen LogP contribution >= 0.6 is 0 Å². The Kier molecular flexibility index (Phi) is 6.06. The molecule has 1 aromatic carbocycles. The first kappa shape index (κ1) is 18.1. The minimum absolute atomic E-state index is 0.202. The Morgan fingerprint density at radius 1 is 1.21 bits per heavy atom. The zero-order valence-corrected chi connectivity index (χ0v) is 14.3. The number of ether oxygens (including phenoxy) is 2. The van der Waals surface area contributed by atoms with Crippen LogP contribution in [0.1, 0.15) is 44.1 Å². The predicted octanol–water partition coefficient (Wildman–Crippen LogP) is 2.54. The topological polar surface area (TPSA) is 84.9 Å². The van der Waals surface area contributed by atoms with Crippen LogP contribution in [0.2, 0.25) is 0 Å². The van der Waals surface area contributed by atoms with E-state index in [9.17, 15) is 14.7 Å². The number of carboxylic acids is 1. The summed E-state index contributed by atoms with van der Waals surface area (Å²) in [5.41, 5.74) is -0.0607. The molecule has 0 bridgehead atoms. The van der Waals surface area contributed by atoms with Crippen molar-refractivity contribution in [1.82, 2.24) is 5.32 Å². The van der Waals surface area contributed by atoms with Crippen LogP contribution in [0.5, 0.6) is 11.5 Å². The van der Waals surface area contributed by atoms with E-state index in [1.165, 1.54) is 0 Å². The van der Waals surface area contributed by atoms with E-state index in [0.29, 0.717) is 32.1 Å². The van der Waals surface area contributed by atoms with Gasteiger partial charge in [0.05, 0.1) is 14.2 Å². The average Bonchev–Trinajstić information content (AvgIpc) is 3.04. The molecule has 6 heteroatoms. The van der Waals surface area contributed by atoms with E-state index in [-0.39, 0.29) is 5.91 Å². The standard InChI is InChI=1S/C18H25NO5/c1-23-14-9-8-13(15(12-14)24-2)6-5-7-16(20)19-18(17(21)22)10-3-4-11-18/h8-9,12H,3-7,10-11H2,1-2H3,(H,19,20)(H,21,22). The lowest BCUT2D eigenvalue weighted by atomic mass is 9.97. The summed E-state index contributed by atoms with van der Waals surface area (Å²) < 4.78 is 10.5. The monoisotopic (exact) mass is 335 g/mol. The van der Waals surface area contributed by atoms with E-state index in [2.05, 4.69) is 5.32 Å². The van der Waals surface area contributed by atoms with Gasteiger partial charge in [0.25, 0.3) is 0 Å².